The van der Waals surface area contributed by atoms with Crippen LogP contribution in [0.2, 0.25) is 0 Å². The first-order valence-electron chi connectivity index (χ1n) is 9.33. The number of hydrogen-bond donors (Lipinski definition) is 3. The van der Waals surface area contributed by atoms with Gasteiger partial charge in [-0.3, -0.25) is 4.99 Å². The quantitative estimate of drug-likeness (QED) is 0.359. The third-order valence-electron chi connectivity index (χ3n) is 4.52. The lowest BCUT2D eigenvalue weighted by Crippen LogP contribution is -2.48. The Hall–Kier alpha value is -1.16. The molecule has 0 aliphatic carbocycles. The van der Waals surface area contributed by atoms with Gasteiger partial charge in [0.15, 0.2) is 5.96 Å². The molecule has 1 aliphatic rings. The number of aliphatic imine (C=N–C) groups is 1. The first-order chi connectivity index (χ1) is 12.7. The molecule has 0 spiro atoms. The van der Waals surface area contributed by atoms with Crippen LogP contribution in [0, 0.1) is 11.3 Å². The monoisotopic (exact) mass is 416 g/mol. The van der Waals surface area contributed by atoms with E-state index < -0.39 is 10.0 Å². The van der Waals surface area contributed by atoms with Gasteiger partial charge in [-0.2, -0.15) is 0 Å². The summed E-state index contributed by atoms with van der Waals surface area (Å²) in [4.78, 5) is 4.22. The number of thiophene rings is 1. The van der Waals surface area contributed by atoms with Crippen molar-refractivity contribution in [2.45, 2.75) is 43.9 Å². The number of nitrogens with one attached hydrogen (secondary N) is 3. The van der Waals surface area contributed by atoms with Crippen LogP contribution in [0.1, 0.15) is 33.6 Å². The Balaban J connectivity index is 1.76. The highest BCUT2D eigenvalue weighted by atomic mass is 32.2. The van der Waals surface area contributed by atoms with Gasteiger partial charge in [-0.25, -0.2) is 13.1 Å². The van der Waals surface area contributed by atoms with Gasteiger partial charge >= 0.3 is 0 Å². The van der Waals surface area contributed by atoms with Crippen molar-refractivity contribution in [1.29, 1.82) is 0 Å². The van der Waals surface area contributed by atoms with Gasteiger partial charge in [0.2, 0.25) is 10.0 Å². The van der Waals surface area contributed by atoms with Crippen molar-refractivity contribution in [3.05, 3.63) is 17.5 Å². The van der Waals surface area contributed by atoms with Crippen LogP contribution in [-0.4, -0.2) is 53.8 Å². The molecule has 1 saturated heterocycles. The molecule has 1 aromatic heterocycles. The van der Waals surface area contributed by atoms with Gasteiger partial charge in [-0.1, -0.05) is 26.8 Å². The lowest BCUT2D eigenvalue weighted by molar-refractivity contribution is -0.0835. The second-order valence-electron chi connectivity index (χ2n) is 7.77. The normalized spacial score (nSPS) is 21.9. The molecule has 7 nitrogen and oxygen atoms in total. The first-order valence-corrected chi connectivity index (χ1v) is 11.7. The SMILES string of the molecule is CN=C(NCCNS(=O)(=O)c1cccs1)NCC1CCCOC1C(C)(C)C. The van der Waals surface area contributed by atoms with Crippen LogP contribution in [-0.2, 0) is 14.8 Å². The zero-order chi connectivity index (χ0) is 19.9. The van der Waals surface area contributed by atoms with E-state index in [0.29, 0.717) is 22.6 Å². The second-order valence-corrected chi connectivity index (χ2v) is 10.7. The molecule has 0 bridgehead atoms. The molecule has 2 rings (SSSR count). The smallest absolute Gasteiger partial charge is 0.250 e. The average molecular weight is 417 g/mol. The van der Waals surface area contributed by atoms with Gasteiger partial charge in [-0.05, 0) is 29.7 Å². The molecule has 2 atom stereocenters. The van der Waals surface area contributed by atoms with E-state index in [1.54, 1.807) is 24.6 Å². The van der Waals surface area contributed by atoms with Gasteiger partial charge in [0.1, 0.15) is 4.21 Å². The van der Waals surface area contributed by atoms with Gasteiger partial charge < -0.3 is 15.4 Å². The lowest BCUT2D eigenvalue weighted by Gasteiger charge is -2.40. The third-order valence-corrected chi connectivity index (χ3v) is 7.38. The molecule has 27 heavy (non-hydrogen) atoms. The fourth-order valence-electron chi connectivity index (χ4n) is 3.31. The van der Waals surface area contributed by atoms with Gasteiger partial charge in [0.05, 0.1) is 6.10 Å². The molecule has 1 aliphatic heterocycles. The van der Waals surface area contributed by atoms with E-state index >= 15 is 0 Å². The largest absolute Gasteiger partial charge is 0.377 e. The first kappa shape index (κ1) is 22.1. The van der Waals surface area contributed by atoms with Crippen LogP contribution in [0.15, 0.2) is 26.7 Å². The van der Waals surface area contributed by atoms with E-state index in [1.807, 2.05) is 0 Å². The summed E-state index contributed by atoms with van der Waals surface area (Å²) < 4.78 is 33.1. The summed E-state index contributed by atoms with van der Waals surface area (Å²) in [5, 5.41) is 8.25. The molecule has 0 aromatic carbocycles. The Morgan fingerprint density at radius 2 is 2.11 bits per heavy atom. The Morgan fingerprint density at radius 3 is 2.74 bits per heavy atom. The average Bonchev–Trinajstić information content (AvgIpc) is 3.16. The van der Waals surface area contributed by atoms with Crippen LogP contribution < -0.4 is 15.4 Å². The maximum atomic E-state index is 12.1. The second kappa shape index (κ2) is 9.86. The Kier molecular flexibility index (Phi) is 8.08. The highest BCUT2D eigenvalue weighted by molar-refractivity contribution is 7.91. The van der Waals surface area contributed by atoms with Crippen LogP contribution >= 0.6 is 11.3 Å². The fourth-order valence-corrected chi connectivity index (χ4v) is 5.38. The van der Waals surface area contributed by atoms with E-state index in [9.17, 15) is 8.42 Å². The third kappa shape index (κ3) is 6.74. The van der Waals surface area contributed by atoms with E-state index in [4.69, 9.17) is 4.74 Å². The van der Waals surface area contributed by atoms with Crippen molar-refractivity contribution in [2.24, 2.45) is 16.3 Å². The number of hydrogen-bond acceptors (Lipinski definition) is 5. The van der Waals surface area contributed by atoms with Crippen molar-refractivity contribution in [3.8, 4) is 0 Å². The van der Waals surface area contributed by atoms with E-state index in [0.717, 1.165) is 26.0 Å². The van der Waals surface area contributed by atoms with E-state index in [-0.39, 0.29) is 18.1 Å². The summed E-state index contributed by atoms with van der Waals surface area (Å²) in [7, 11) is -1.71. The molecule has 0 saturated carbocycles. The highest BCUT2D eigenvalue weighted by Gasteiger charge is 2.35. The van der Waals surface area contributed by atoms with E-state index in [1.165, 1.54) is 11.3 Å². The Labute approximate surface area is 167 Å². The van der Waals surface area contributed by atoms with Gasteiger partial charge in [0.25, 0.3) is 0 Å². The number of guanidine groups is 1. The van der Waals surface area contributed by atoms with Crippen molar-refractivity contribution in [2.75, 3.05) is 33.3 Å². The van der Waals surface area contributed by atoms with Crippen molar-refractivity contribution in [3.63, 3.8) is 0 Å². The van der Waals surface area contributed by atoms with Crippen LogP contribution in [0.3, 0.4) is 0 Å². The Morgan fingerprint density at radius 1 is 1.33 bits per heavy atom. The molecule has 2 heterocycles. The minimum atomic E-state index is -3.42. The summed E-state index contributed by atoms with van der Waals surface area (Å²) in [6.07, 6.45) is 2.43. The van der Waals surface area contributed by atoms with Crippen LogP contribution in [0.4, 0.5) is 0 Å². The Bertz CT molecular complexity index is 697. The summed E-state index contributed by atoms with van der Waals surface area (Å²) in [5.41, 5.74) is 0.101. The molecule has 0 radical (unpaired) electrons. The number of rotatable bonds is 7. The molecule has 1 aromatic rings. The molecule has 2 unspecified atom stereocenters. The maximum Gasteiger partial charge on any atom is 0.250 e. The molecule has 0 amide bonds. The van der Waals surface area contributed by atoms with E-state index in [2.05, 4.69) is 41.1 Å². The fraction of sp³-hybridized carbons (Fsp3) is 0.722. The van der Waals surface area contributed by atoms with Crippen molar-refractivity contribution in [1.82, 2.24) is 15.4 Å². The standard InChI is InChI=1S/C18H32N4O3S2/c1-18(2,3)16-14(7-5-11-25-16)13-21-17(19-4)20-9-10-22-27(23,24)15-8-6-12-26-15/h6,8,12,14,16,22H,5,7,9-11,13H2,1-4H3,(H2,19,20,21). The van der Waals surface area contributed by atoms with Crippen LogP contribution in [0.25, 0.3) is 0 Å². The molecular weight excluding hydrogens is 384 g/mol. The molecule has 154 valence electrons. The number of ether oxygens (including phenoxy) is 1. The van der Waals surface area contributed by atoms with Crippen LogP contribution in [0.5, 0.6) is 0 Å². The summed E-state index contributed by atoms with van der Waals surface area (Å²) in [5.74, 6) is 1.10. The summed E-state index contributed by atoms with van der Waals surface area (Å²) in [6, 6.07) is 3.32. The van der Waals surface area contributed by atoms with Crippen molar-refractivity contribution >= 4 is 27.3 Å². The predicted molar refractivity (Wildman–Crippen MR) is 111 cm³/mol. The minimum absolute atomic E-state index is 0.101. The molecule has 9 heteroatoms. The number of nitrogens with zero attached hydrogens (tertiary/aromatic N) is 1. The topological polar surface area (TPSA) is 91.8 Å². The highest BCUT2D eigenvalue weighted by Crippen LogP contribution is 2.33. The summed E-state index contributed by atoms with van der Waals surface area (Å²) in [6.45, 7) is 8.98. The molecular formula is C18H32N4O3S2. The lowest BCUT2D eigenvalue weighted by atomic mass is 9.78. The van der Waals surface area contributed by atoms with Gasteiger partial charge in [-0.15, -0.1) is 11.3 Å². The number of sulfonamides is 1. The zero-order valence-electron chi connectivity index (χ0n) is 16.6. The van der Waals surface area contributed by atoms with Crippen molar-refractivity contribution < 1.29 is 13.2 Å². The maximum absolute atomic E-state index is 12.1. The zero-order valence-corrected chi connectivity index (χ0v) is 18.3. The molecule has 1 fully saturated rings. The minimum Gasteiger partial charge on any atom is -0.377 e. The summed E-state index contributed by atoms with van der Waals surface area (Å²) >= 11 is 1.21. The molecule has 3 N–H and O–H groups in total. The predicted octanol–water partition coefficient (Wildman–Crippen LogP) is 2.03. The van der Waals surface area contributed by atoms with Gasteiger partial charge in [0, 0.05) is 39.2 Å².